The monoisotopic (exact) mass is 258 g/mol. The van der Waals surface area contributed by atoms with Crippen molar-refractivity contribution in [3.05, 3.63) is 39.3 Å². The van der Waals surface area contributed by atoms with Crippen molar-refractivity contribution in [2.24, 2.45) is 0 Å². The first-order chi connectivity index (χ1) is 8.04. The van der Waals surface area contributed by atoms with Crippen molar-refractivity contribution in [2.75, 3.05) is 0 Å². The number of rotatable bonds is 2. The topological polar surface area (TPSA) is 45.8 Å². The van der Waals surface area contributed by atoms with E-state index >= 15 is 0 Å². The molecule has 2 aromatic heterocycles. The summed E-state index contributed by atoms with van der Waals surface area (Å²) in [5.41, 5.74) is 0.421. The number of aryl methyl sites for hydroxylation is 1. The summed E-state index contributed by atoms with van der Waals surface area (Å²) < 4.78 is 25.4. The summed E-state index contributed by atoms with van der Waals surface area (Å²) >= 11 is 5.64. The van der Waals surface area contributed by atoms with Gasteiger partial charge in [-0.1, -0.05) is 0 Å². The average Bonchev–Trinajstić information content (AvgIpc) is 2.27. The van der Waals surface area contributed by atoms with Gasteiger partial charge in [0, 0.05) is 12.1 Å². The van der Waals surface area contributed by atoms with Crippen LogP contribution in [-0.4, -0.2) is 9.97 Å². The van der Waals surface area contributed by atoms with E-state index < -0.39 is 17.5 Å². The minimum atomic E-state index is -2.81. The maximum absolute atomic E-state index is 12.7. The summed E-state index contributed by atoms with van der Waals surface area (Å²) in [6, 6.07) is 1.64. The van der Waals surface area contributed by atoms with Gasteiger partial charge in [0.25, 0.3) is 12.0 Å². The molecule has 1 N–H and O–H groups in total. The quantitative estimate of drug-likeness (QED) is 0.842. The molecule has 17 heavy (non-hydrogen) atoms. The molecule has 0 aliphatic rings. The van der Waals surface area contributed by atoms with Gasteiger partial charge in [0.1, 0.15) is 0 Å². The van der Waals surface area contributed by atoms with E-state index in [1.807, 2.05) is 0 Å². The molecule has 0 radical (unpaired) electrons. The maximum atomic E-state index is 12.7. The van der Waals surface area contributed by atoms with E-state index in [1.54, 1.807) is 6.07 Å². The van der Waals surface area contributed by atoms with Crippen LogP contribution in [0.4, 0.5) is 8.78 Å². The third kappa shape index (κ3) is 2.02. The van der Waals surface area contributed by atoms with E-state index in [4.69, 9.17) is 11.6 Å². The number of aromatic amines is 1. The van der Waals surface area contributed by atoms with Gasteiger partial charge in [0.2, 0.25) is 0 Å². The summed E-state index contributed by atoms with van der Waals surface area (Å²) in [6.45, 7) is 1.46. The minimum Gasteiger partial charge on any atom is -0.320 e. The summed E-state index contributed by atoms with van der Waals surface area (Å²) in [5.74, 6) is 0.251. The molecule has 90 valence electrons. The number of hydrogen-bond acceptors (Lipinski definition) is 2. The Hall–Kier alpha value is -1.49. The number of nitrogens with one attached hydrogen (secondary N) is 1. The Bertz CT molecular complexity index is 625. The van der Waals surface area contributed by atoms with Gasteiger partial charge in [0.05, 0.1) is 16.6 Å². The van der Waals surface area contributed by atoms with Crippen LogP contribution in [0.25, 0.3) is 11.0 Å². The molecule has 2 heterocycles. The lowest BCUT2D eigenvalue weighted by molar-refractivity contribution is 0.149. The number of H-pyrrole nitrogens is 1. The third-order valence-corrected chi connectivity index (χ3v) is 2.88. The number of fused-ring (bicyclic) bond motifs is 1. The molecular weight excluding hydrogens is 250 g/mol. The van der Waals surface area contributed by atoms with Crippen molar-refractivity contribution >= 4 is 22.6 Å². The van der Waals surface area contributed by atoms with Gasteiger partial charge in [-0.3, -0.25) is 9.78 Å². The highest BCUT2D eigenvalue weighted by atomic mass is 35.5. The highest BCUT2D eigenvalue weighted by Crippen LogP contribution is 2.23. The van der Waals surface area contributed by atoms with E-state index in [9.17, 15) is 13.6 Å². The number of hydrogen-bond donors (Lipinski definition) is 1. The third-order valence-electron chi connectivity index (χ3n) is 2.57. The predicted molar refractivity (Wildman–Crippen MR) is 61.6 cm³/mol. The summed E-state index contributed by atoms with van der Waals surface area (Å²) in [6.07, 6.45) is -1.30. The Morgan fingerprint density at radius 2 is 2.24 bits per heavy atom. The minimum absolute atomic E-state index is 0.208. The lowest BCUT2D eigenvalue weighted by Gasteiger charge is -2.07. The summed E-state index contributed by atoms with van der Waals surface area (Å²) in [7, 11) is 0. The Morgan fingerprint density at radius 1 is 1.53 bits per heavy atom. The van der Waals surface area contributed by atoms with Crippen molar-refractivity contribution in [2.45, 2.75) is 19.2 Å². The largest absolute Gasteiger partial charge is 0.320 e. The van der Waals surface area contributed by atoms with Crippen LogP contribution in [0, 0.1) is 6.92 Å². The fraction of sp³-hybridized carbons (Fsp3) is 0.273. The molecule has 6 heteroatoms. The molecule has 0 unspecified atom stereocenters. The van der Waals surface area contributed by atoms with E-state index in [2.05, 4.69) is 9.97 Å². The zero-order valence-electron chi connectivity index (χ0n) is 8.93. The van der Waals surface area contributed by atoms with Crippen LogP contribution in [-0.2, 0) is 5.88 Å². The Kier molecular flexibility index (Phi) is 3.11. The smallest absolute Gasteiger partial charge is 0.269 e. The first-order valence-corrected chi connectivity index (χ1v) is 5.43. The van der Waals surface area contributed by atoms with Crippen molar-refractivity contribution in [1.29, 1.82) is 0 Å². The van der Waals surface area contributed by atoms with Crippen molar-refractivity contribution in [3.8, 4) is 0 Å². The highest BCUT2D eigenvalue weighted by Gasteiger charge is 2.18. The van der Waals surface area contributed by atoms with Gasteiger partial charge in [-0.25, -0.2) is 8.78 Å². The number of pyridine rings is 2. The molecule has 0 saturated heterocycles. The van der Waals surface area contributed by atoms with Gasteiger partial charge < -0.3 is 4.98 Å². The first-order valence-electron chi connectivity index (χ1n) is 4.90. The van der Waals surface area contributed by atoms with Crippen LogP contribution >= 0.6 is 11.6 Å². The molecule has 3 nitrogen and oxygen atoms in total. The molecule has 0 spiro atoms. The van der Waals surface area contributed by atoms with Crippen LogP contribution < -0.4 is 5.56 Å². The van der Waals surface area contributed by atoms with Gasteiger partial charge in [-0.15, -0.1) is 11.6 Å². The maximum Gasteiger partial charge on any atom is 0.269 e. The second-order valence-corrected chi connectivity index (χ2v) is 3.93. The number of aromatic nitrogens is 2. The van der Waals surface area contributed by atoms with E-state index in [1.165, 1.54) is 13.1 Å². The van der Waals surface area contributed by atoms with Gasteiger partial charge in [-0.05, 0) is 24.1 Å². The number of halogens is 3. The second kappa shape index (κ2) is 4.41. The molecule has 0 fully saturated rings. The SMILES string of the molecule is Cc1c(C(F)F)c(=O)[nH]c2cc(CCl)cnc12. The van der Waals surface area contributed by atoms with Crippen molar-refractivity contribution in [1.82, 2.24) is 9.97 Å². The van der Waals surface area contributed by atoms with Crippen LogP contribution in [0.15, 0.2) is 17.1 Å². The molecule has 0 aliphatic carbocycles. The number of alkyl halides is 3. The zero-order valence-corrected chi connectivity index (χ0v) is 9.68. The normalized spacial score (nSPS) is 11.4. The van der Waals surface area contributed by atoms with Crippen LogP contribution in [0.3, 0.4) is 0 Å². The molecule has 2 aromatic rings. The molecule has 0 bridgehead atoms. The van der Waals surface area contributed by atoms with Crippen LogP contribution in [0.2, 0.25) is 0 Å². The Morgan fingerprint density at radius 3 is 2.82 bits per heavy atom. The zero-order chi connectivity index (χ0) is 12.6. The average molecular weight is 259 g/mol. The molecule has 0 amide bonds. The second-order valence-electron chi connectivity index (χ2n) is 3.67. The van der Waals surface area contributed by atoms with Crippen LogP contribution in [0.5, 0.6) is 0 Å². The molecule has 0 atom stereocenters. The summed E-state index contributed by atoms with van der Waals surface area (Å²) in [5, 5.41) is 0. The molecule has 2 rings (SSSR count). The molecule has 0 aromatic carbocycles. The molecule has 0 aliphatic heterocycles. The Balaban J connectivity index is 2.81. The fourth-order valence-electron chi connectivity index (χ4n) is 1.73. The Labute approximate surface area is 100 Å². The van der Waals surface area contributed by atoms with Crippen molar-refractivity contribution < 1.29 is 8.78 Å². The fourth-order valence-corrected chi connectivity index (χ4v) is 1.87. The predicted octanol–water partition coefficient (Wildman–Crippen LogP) is 2.91. The molecule has 0 saturated carbocycles. The van der Waals surface area contributed by atoms with E-state index in [0.29, 0.717) is 11.0 Å². The van der Waals surface area contributed by atoms with E-state index in [0.717, 1.165) is 5.56 Å². The van der Waals surface area contributed by atoms with Gasteiger partial charge in [0.15, 0.2) is 0 Å². The van der Waals surface area contributed by atoms with E-state index in [-0.39, 0.29) is 11.4 Å². The van der Waals surface area contributed by atoms with Gasteiger partial charge in [-0.2, -0.15) is 0 Å². The highest BCUT2D eigenvalue weighted by molar-refractivity contribution is 6.17. The lowest BCUT2D eigenvalue weighted by atomic mass is 10.1. The lowest BCUT2D eigenvalue weighted by Crippen LogP contribution is -2.15. The van der Waals surface area contributed by atoms with Crippen LogP contribution in [0.1, 0.15) is 23.1 Å². The molecular formula is C11H9ClF2N2O. The van der Waals surface area contributed by atoms with Crippen molar-refractivity contribution in [3.63, 3.8) is 0 Å². The number of nitrogens with zero attached hydrogens (tertiary/aromatic N) is 1. The van der Waals surface area contributed by atoms with Gasteiger partial charge >= 0.3 is 0 Å². The summed E-state index contributed by atoms with van der Waals surface area (Å²) in [4.78, 5) is 17.9. The standard InChI is InChI=1S/C11H9ClF2N2O/c1-5-8(10(13)14)11(17)16-7-2-6(3-12)4-15-9(5)7/h2,4,10H,3H2,1H3,(H,16,17). The first kappa shape index (κ1) is 12.0.